The van der Waals surface area contributed by atoms with Crippen molar-refractivity contribution in [3.05, 3.63) is 58.3 Å². The molecule has 0 bridgehead atoms. The number of carbonyl (C=O) groups is 1. The van der Waals surface area contributed by atoms with Gasteiger partial charge in [-0.05, 0) is 36.4 Å². The Morgan fingerprint density at radius 1 is 1.29 bits per heavy atom. The Bertz CT molecular complexity index is 840. The Balaban J connectivity index is 1.65. The predicted octanol–water partition coefficient (Wildman–Crippen LogP) is 3.62. The summed E-state index contributed by atoms with van der Waals surface area (Å²) >= 11 is 1.55. The molecule has 5 nitrogen and oxygen atoms in total. The second kappa shape index (κ2) is 6.97. The number of aryl methyl sites for hydroxylation is 2. The van der Waals surface area contributed by atoms with Gasteiger partial charge in [0.1, 0.15) is 0 Å². The Labute approximate surface area is 144 Å². The molecule has 0 saturated carbocycles. The van der Waals surface area contributed by atoms with Gasteiger partial charge in [-0.3, -0.25) is 4.79 Å². The molecule has 24 heavy (non-hydrogen) atoms. The topological polar surface area (TPSA) is 59.2 Å². The van der Waals surface area contributed by atoms with E-state index in [-0.39, 0.29) is 5.91 Å². The van der Waals surface area contributed by atoms with Crippen molar-refractivity contribution in [3.63, 3.8) is 0 Å². The average molecular weight is 341 g/mol. The third-order valence-corrected chi connectivity index (χ3v) is 4.72. The quantitative estimate of drug-likeness (QED) is 0.711. The number of benzene rings is 1. The van der Waals surface area contributed by atoms with Gasteiger partial charge in [-0.25, -0.2) is 0 Å². The fourth-order valence-electron chi connectivity index (χ4n) is 2.40. The van der Waals surface area contributed by atoms with E-state index in [4.69, 9.17) is 4.52 Å². The van der Waals surface area contributed by atoms with E-state index < -0.39 is 0 Å². The van der Waals surface area contributed by atoms with Crippen LogP contribution in [0.25, 0.3) is 10.7 Å². The number of rotatable bonds is 5. The van der Waals surface area contributed by atoms with Gasteiger partial charge < -0.3 is 9.42 Å². The van der Waals surface area contributed by atoms with Crippen molar-refractivity contribution in [2.45, 2.75) is 26.8 Å². The van der Waals surface area contributed by atoms with Crippen LogP contribution in [-0.2, 0) is 17.8 Å². The summed E-state index contributed by atoms with van der Waals surface area (Å²) in [6.07, 6.45) is 0.371. The zero-order chi connectivity index (χ0) is 17.1. The monoisotopic (exact) mass is 341 g/mol. The van der Waals surface area contributed by atoms with E-state index in [9.17, 15) is 4.79 Å². The van der Waals surface area contributed by atoms with Crippen LogP contribution in [0.3, 0.4) is 0 Å². The molecule has 124 valence electrons. The number of amides is 1. The van der Waals surface area contributed by atoms with Gasteiger partial charge in [0.05, 0.1) is 17.8 Å². The van der Waals surface area contributed by atoms with Crippen molar-refractivity contribution >= 4 is 17.2 Å². The maximum absolute atomic E-state index is 12.5. The standard InChI is InChI=1S/C18H19N3O2S/c1-12-6-7-13(2)14(9-12)10-17(22)21(3)11-16-19-18(20-23-16)15-5-4-8-24-15/h4-9H,10-11H2,1-3H3. The van der Waals surface area contributed by atoms with Crippen molar-refractivity contribution in [2.24, 2.45) is 0 Å². The highest BCUT2D eigenvalue weighted by Gasteiger charge is 2.16. The van der Waals surface area contributed by atoms with Crippen LogP contribution >= 0.6 is 11.3 Å². The van der Waals surface area contributed by atoms with E-state index in [1.165, 1.54) is 0 Å². The fraction of sp³-hybridized carbons (Fsp3) is 0.278. The molecule has 0 spiro atoms. The molecular weight excluding hydrogens is 322 g/mol. The van der Waals surface area contributed by atoms with Gasteiger partial charge in [-0.2, -0.15) is 4.98 Å². The van der Waals surface area contributed by atoms with Crippen LogP contribution in [0, 0.1) is 13.8 Å². The zero-order valence-corrected chi connectivity index (χ0v) is 14.8. The summed E-state index contributed by atoms with van der Waals surface area (Å²) in [6.45, 7) is 4.36. The maximum Gasteiger partial charge on any atom is 0.246 e. The van der Waals surface area contributed by atoms with Crippen molar-refractivity contribution < 1.29 is 9.32 Å². The molecule has 0 N–H and O–H groups in total. The molecule has 0 fully saturated rings. The highest BCUT2D eigenvalue weighted by molar-refractivity contribution is 7.13. The van der Waals surface area contributed by atoms with Crippen LogP contribution in [0.15, 0.2) is 40.2 Å². The maximum atomic E-state index is 12.5. The van der Waals surface area contributed by atoms with Gasteiger partial charge in [0.25, 0.3) is 0 Å². The van der Waals surface area contributed by atoms with Gasteiger partial charge in [0, 0.05) is 7.05 Å². The molecule has 2 aromatic heterocycles. The minimum absolute atomic E-state index is 0.0274. The lowest BCUT2D eigenvalue weighted by Crippen LogP contribution is -2.28. The minimum atomic E-state index is 0.0274. The third kappa shape index (κ3) is 3.71. The van der Waals surface area contributed by atoms with Crippen LogP contribution in [0.1, 0.15) is 22.6 Å². The van der Waals surface area contributed by atoms with Crippen LogP contribution in [-0.4, -0.2) is 28.0 Å². The lowest BCUT2D eigenvalue weighted by Gasteiger charge is -2.16. The predicted molar refractivity (Wildman–Crippen MR) is 93.7 cm³/mol. The summed E-state index contributed by atoms with van der Waals surface area (Å²) in [5.41, 5.74) is 3.33. The van der Waals surface area contributed by atoms with E-state index in [2.05, 4.69) is 22.3 Å². The minimum Gasteiger partial charge on any atom is -0.337 e. The number of hydrogen-bond acceptors (Lipinski definition) is 5. The summed E-state index contributed by atoms with van der Waals surface area (Å²) < 4.78 is 5.25. The van der Waals surface area contributed by atoms with E-state index in [1.807, 2.05) is 37.4 Å². The fourth-order valence-corrected chi connectivity index (χ4v) is 3.05. The highest BCUT2D eigenvalue weighted by Crippen LogP contribution is 2.21. The number of hydrogen-bond donors (Lipinski definition) is 0. The summed E-state index contributed by atoms with van der Waals surface area (Å²) in [4.78, 5) is 19.4. The molecule has 3 aromatic rings. The van der Waals surface area contributed by atoms with Crippen molar-refractivity contribution in [3.8, 4) is 10.7 Å². The van der Waals surface area contributed by atoms with Gasteiger partial charge in [0.15, 0.2) is 0 Å². The van der Waals surface area contributed by atoms with Gasteiger partial charge in [-0.15, -0.1) is 11.3 Å². The van der Waals surface area contributed by atoms with Crippen molar-refractivity contribution in [1.82, 2.24) is 15.0 Å². The van der Waals surface area contributed by atoms with Crippen LogP contribution in [0.5, 0.6) is 0 Å². The first-order valence-electron chi connectivity index (χ1n) is 7.69. The van der Waals surface area contributed by atoms with Gasteiger partial charge in [-0.1, -0.05) is 35.0 Å². The molecular formula is C18H19N3O2S. The lowest BCUT2D eigenvalue weighted by molar-refractivity contribution is -0.130. The van der Waals surface area contributed by atoms with Crippen molar-refractivity contribution in [1.29, 1.82) is 0 Å². The first-order valence-corrected chi connectivity index (χ1v) is 8.57. The smallest absolute Gasteiger partial charge is 0.246 e. The first-order chi connectivity index (χ1) is 11.5. The first kappa shape index (κ1) is 16.4. The molecule has 2 heterocycles. The highest BCUT2D eigenvalue weighted by atomic mass is 32.1. The lowest BCUT2D eigenvalue weighted by atomic mass is 10.0. The molecule has 0 aliphatic carbocycles. The molecule has 0 unspecified atom stereocenters. The molecule has 1 amide bonds. The van der Waals surface area contributed by atoms with E-state index >= 15 is 0 Å². The Hall–Kier alpha value is -2.47. The SMILES string of the molecule is Cc1ccc(C)c(CC(=O)N(C)Cc2nc(-c3cccs3)no2)c1. The van der Waals surface area contributed by atoms with E-state index in [1.54, 1.807) is 23.3 Å². The molecule has 6 heteroatoms. The normalized spacial score (nSPS) is 10.8. The van der Waals surface area contributed by atoms with Gasteiger partial charge in [0.2, 0.25) is 17.6 Å². The second-order valence-electron chi connectivity index (χ2n) is 5.85. The van der Waals surface area contributed by atoms with E-state index in [0.29, 0.717) is 24.7 Å². The molecule has 1 aromatic carbocycles. The average Bonchev–Trinajstić information content (AvgIpc) is 3.21. The molecule has 0 aliphatic rings. The summed E-state index contributed by atoms with van der Waals surface area (Å²) in [6, 6.07) is 10.0. The molecule has 0 atom stereocenters. The van der Waals surface area contributed by atoms with Crippen LogP contribution < -0.4 is 0 Å². The van der Waals surface area contributed by atoms with Crippen molar-refractivity contribution in [2.75, 3.05) is 7.05 Å². The number of aromatic nitrogens is 2. The summed E-state index contributed by atoms with van der Waals surface area (Å²) in [7, 11) is 1.75. The van der Waals surface area contributed by atoms with Gasteiger partial charge >= 0.3 is 0 Å². The third-order valence-electron chi connectivity index (χ3n) is 3.85. The number of nitrogens with zero attached hydrogens (tertiary/aromatic N) is 3. The van der Waals surface area contributed by atoms with E-state index in [0.717, 1.165) is 21.6 Å². The second-order valence-corrected chi connectivity index (χ2v) is 6.79. The summed E-state index contributed by atoms with van der Waals surface area (Å²) in [5.74, 6) is 1.03. The van der Waals surface area contributed by atoms with Crippen LogP contribution in [0.4, 0.5) is 0 Å². The van der Waals surface area contributed by atoms with Crippen LogP contribution in [0.2, 0.25) is 0 Å². The number of likely N-dealkylation sites (N-methyl/N-ethyl adjacent to an activating group) is 1. The number of thiophene rings is 1. The largest absolute Gasteiger partial charge is 0.337 e. The Kier molecular flexibility index (Phi) is 4.76. The molecule has 0 saturated heterocycles. The molecule has 3 rings (SSSR count). The zero-order valence-electron chi connectivity index (χ0n) is 13.9. The Morgan fingerprint density at radius 2 is 2.12 bits per heavy atom. The molecule has 0 radical (unpaired) electrons. The molecule has 0 aliphatic heterocycles. The summed E-state index contributed by atoms with van der Waals surface area (Å²) in [5, 5.41) is 5.93. The Morgan fingerprint density at radius 3 is 2.88 bits per heavy atom. The number of carbonyl (C=O) groups excluding carboxylic acids is 1.